The van der Waals surface area contributed by atoms with Crippen LogP contribution in [0.4, 0.5) is 5.13 Å². The maximum absolute atomic E-state index is 9.68. The Morgan fingerprint density at radius 1 is 1.33 bits per heavy atom. The third-order valence-electron chi connectivity index (χ3n) is 3.64. The zero-order chi connectivity index (χ0) is 15.0. The third-order valence-corrected chi connectivity index (χ3v) is 4.41. The second-order valence-electron chi connectivity index (χ2n) is 5.92. The van der Waals surface area contributed by atoms with Gasteiger partial charge in [-0.1, -0.05) is 19.1 Å². The first-order chi connectivity index (χ1) is 9.96. The summed E-state index contributed by atoms with van der Waals surface area (Å²) in [6.45, 7) is 6.29. The predicted octanol–water partition coefficient (Wildman–Crippen LogP) is 3.71. The number of rotatable bonds is 3. The van der Waals surface area contributed by atoms with E-state index in [-0.39, 0.29) is 17.2 Å². The Kier molecular flexibility index (Phi) is 3.45. The van der Waals surface area contributed by atoms with Crippen LogP contribution in [-0.2, 0) is 0 Å². The second kappa shape index (κ2) is 5.15. The predicted molar refractivity (Wildman–Crippen MR) is 88.3 cm³/mol. The lowest BCUT2D eigenvalue weighted by Gasteiger charge is -2.33. The van der Waals surface area contributed by atoms with Crippen molar-refractivity contribution < 1.29 is 5.11 Å². The standard InChI is InChI=1S/C16H19N3OS/c1-10(2)17-15-19-13(9-21-15)12-5-7-16(3)6-4-11(20)8-14(16)18-12/h4-10,14,20H,1-3H3,(H,17,19). The summed E-state index contributed by atoms with van der Waals surface area (Å²) in [5, 5.41) is 15.9. The average molecular weight is 301 g/mol. The minimum atomic E-state index is -0.162. The Balaban J connectivity index is 1.87. The Labute approximate surface area is 128 Å². The molecule has 0 saturated carbocycles. The maximum Gasteiger partial charge on any atom is 0.183 e. The molecule has 1 aromatic heterocycles. The molecule has 110 valence electrons. The molecule has 2 N–H and O–H groups in total. The monoisotopic (exact) mass is 301 g/mol. The van der Waals surface area contributed by atoms with E-state index < -0.39 is 0 Å². The van der Waals surface area contributed by atoms with Crippen LogP contribution in [-0.4, -0.2) is 27.9 Å². The average Bonchev–Trinajstić information content (AvgIpc) is 2.86. The third kappa shape index (κ3) is 2.78. The van der Waals surface area contributed by atoms with Crippen molar-refractivity contribution in [2.24, 2.45) is 10.4 Å². The van der Waals surface area contributed by atoms with Crippen LogP contribution in [0.1, 0.15) is 26.5 Å². The largest absolute Gasteiger partial charge is 0.508 e. The van der Waals surface area contributed by atoms with E-state index in [9.17, 15) is 5.11 Å². The molecule has 0 saturated heterocycles. The van der Waals surface area contributed by atoms with Crippen molar-refractivity contribution in [3.05, 3.63) is 47.2 Å². The molecular weight excluding hydrogens is 282 g/mol. The topological polar surface area (TPSA) is 57.5 Å². The van der Waals surface area contributed by atoms with Crippen molar-refractivity contribution in [1.82, 2.24) is 4.98 Å². The van der Waals surface area contributed by atoms with E-state index in [1.807, 2.05) is 17.5 Å². The molecule has 0 fully saturated rings. The Hall–Kier alpha value is -1.88. The summed E-state index contributed by atoms with van der Waals surface area (Å²) < 4.78 is 0. The molecular formula is C16H19N3OS. The number of allylic oxidation sites excluding steroid dienone is 2. The molecule has 2 unspecified atom stereocenters. The van der Waals surface area contributed by atoms with Gasteiger partial charge < -0.3 is 10.4 Å². The summed E-state index contributed by atoms with van der Waals surface area (Å²) >= 11 is 1.58. The van der Waals surface area contributed by atoms with Crippen LogP contribution < -0.4 is 5.32 Å². The molecule has 4 nitrogen and oxygen atoms in total. The number of anilines is 1. The van der Waals surface area contributed by atoms with Gasteiger partial charge >= 0.3 is 0 Å². The zero-order valence-corrected chi connectivity index (χ0v) is 13.2. The number of hydrogen-bond donors (Lipinski definition) is 2. The molecule has 2 heterocycles. The molecule has 21 heavy (non-hydrogen) atoms. The lowest BCUT2D eigenvalue weighted by molar-refractivity contribution is 0.395. The summed E-state index contributed by atoms with van der Waals surface area (Å²) in [5.41, 5.74) is 1.58. The summed E-state index contributed by atoms with van der Waals surface area (Å²) in [7, 11) is 0. The fraction of sp³-hybridized carbons (Fsp3) is 0.375. The van der Waals surface area contributed by atoms with Crippen LogP contribution in [0.15, 0.2) is 46.5 Å². The molecule has 0 amide bonds. The maximum atomic E-state index is 9.68. The molecule has 3 rings (SSSR count). The minimum absolute atomic E-state index is 0.0780. The number of nitrogens with zero attached hydrogens (tertiary/aromatic N) is 2. The van der Waals surface area contributed by atoms with E-state index in [1.54, 1.807) is 23.5 Å². The number of aromatic nitrogens is 1. The quantitative estimate of drug-likeness (QED) is 0.895. The van der Waals surface area contributed by atoms with Crippen LogP contribution in [0.5, 0.6) is 0 Å². The van der Waals surface area contributed by atoms with Gasteiger partial charge in [-0.15, -0.1) is 11.3 Å². The molecule has 0 spiro atoms. The van der Waals surface area contributed by atoms with Gasteiger partial charge in [-0.25, -0.2) is 4.98 Å². The Morgan fingerprint density at radius 2 is 2.10 bits per heavy atom. The van der Waals surface area contributed by atoms with Gasteiger partial charge in [0.1, 0.15) is 11.5 Å². The highest BCUT2D eigenvalue weighted by Crippen LogP contribution is 2.36. The van der Waals surface area contributed by atoms with Gasteiger partial charge in [0.15, 0.2) is 5.13 Å². The number of dihydropyridines is 1. The summed E-state index contributed by atoms with van der Waals surface area (Å²) in [5.74, 6) is 0.274. The summed E-state index contributed by atoms with van der Waals surface area (Å²) in [6.07, 6.45) is 9.67. The fourth-order valence-electron chi connectivity index (χ4n) is 2.40. The van der Waals surface area contributed by atoms with Gasteiger partial charge in [0, 0.05) is 16.8 Å². The van der Waals surface area contributed by atoms with E-state index in [4.69, 9.17) is 4.99 Å². The molecule has 0 aromatic carbocycles. The molecule has 0 bridgehead atoms. The van der Waals surface area contributed by atoms with Crippen molar-refractivity contribution in [3.8, 4) is 0 Å². The number of fused-ring (bicyclic) bond motifs is 1. The first-order valence-corrected chi connectivity index (χ1v) is 7.94. The molecule has 5 heteroatoms. The van der Waals surface area contributed by atoms with E-state index in [2.05, 4.69) is 37.1 Å². The van der Waals surface area contributed by atoms with E-state index in [0.29, 0.717) is 6.04 Å². The van der Waals surface area contributed by atoms with Crippen LogP contribution in [0.25, 0.3) is 0 Å². The minimum Gasteiger partial charge on any atom is -0.508 e. The van der Waals surface area contributed by atoms with Crippen molar-refractivity contribution in [1.29, 1.82) is 0 Å². The number of aliphatic hydroxyl groups excluding tert-OH is 1. The van der Waals surface area contributed by atoms with Gasteiger partial charge in [0.2, 0.25) is 0 Å². The summed E-state index contributed by atoms with van der Waals surface area (Å²) in [4.78, 5) is 9.32. The van der Waals surface area contributed by atoms with E-state index in [0.717, 1.165) is 16.5 Å². The number of nitrogens with one attached hydrogen (secondary N) is 1. The van der Waals surface area contributed by atoms with Gasteiger partial charge in [-0.2, -0.15) is 0 Å². The molecule has 1 aliphatic heterocycles. The van der Waals surface area contributed by atoms with Crippen molar-refractivity contribution in [2.45, 2.75) is 32.9 Å². The molecule has 2 aliphatic rings. The normalized spacial score (nSPS) is 27.3. The first kappa shape index (κ1) is 14.1. The molecule has 2 atom stereocenters. The lowest BCUT2D eigenvalue weighted by atomic mass is 9.77. The molecule has 1 aromatic rings. The van der Waals surface area contributed by atoms with Crippen molar-refractivity contribution in [3.63, 3.8) is 0 Å². The van der Waals surface area contributed by atoms with Crippen LogP contribution in [0, 0.1) is 5.41 Å². The van der Waals surface area contributed by atoms with E-state index in [1.165, 1.54) is 0 Å². The first-order valence-electron chi connectivity index (χ1n) is 7.06. The molecule has 1 aliphatic carbocycles. The number of hydrogen-bond acceptors (Lipinski definition) is 5. The van der Waals surface area contributed by atoms with Crippen molar-refractivity contribution >= 4 is 22.2 Å². The van der Waals surface area contributed by atoms with E-state index >= 15 is 0 Å². The highest BCUT2D eigenvalue weighted by atomic mass is 32.1. The fourth-order valence-corrected chi connectivity index (χ4v) is 3.25. The van der Waals surface area contributed by atoms with Crippen molar-refractivity contribution in [2.75, 3.05) is 5.32 Å². The highest BCUT2D eigenvalue weighted by Gasteiger charge is 2.33. The van der Waals surface area contributed by atoms with Gasteiger partial charge in [-0.05, 0) is 32.1 Å². The lowest BCUT2D eigenvalue weighted by Crippen LogP contribution is -2.31. The SMILES string of the molecule is CC(C)Nc1nc(C2=NC3C=C(O)C=CC3(C)C=C2)cs1. The number of aliphatic hydroxyl groups is 1. The Morgan fingerprint density at radius 3 is 2.86 bits per heavy atom. The number of aliphatic imine (C=N–C) groups is 1. The van der Waals surface area contributed by atoms with Gasteiger partial charge in [-0.3, -0.25) is 4.99 Å². The second-order valence-corrected chi connectivity index (χ2v) is 6.78. The molecule has 0 radical (unpaired) electrons. The van der Waals surface area contributed by atoms with Gasteiger partial charge in [0.05, 0.1) is 11.8 Å². The van der Waals surface area contributed by atoms with Gasteiger partial charge in [0.25, 0.3) is 0 Å². The zero-order valence-electron chi connectivity index (χ0n) is 12.4. The Bertz CT molecular complexity index is 669. The smallest absolute Gasteiger partial charge is 0.183 e. The van der Waals surface area contributed by atoms with Crippen LogP contribution in [0.3, 0.4) is 0 Å². The highest BCUT2D eigenvalue weighted by molar-refractivity contribution is 7.13. The van der Waals surface area contributed by atoms with Crippen LogP contribution >= 0.6 is 11.3 Å². The summed E-state index contributed by atoms with van der Waals surface area (Å²) in [6, 6.07) is 0.283. The number of thiazole rings is 1. The van der Waals surface area contributed by atoms with Crippen LogP contribution in [0.2, 0.25) is 0 Å².